The Hall–Kier alpha value is -2.19. The van der Waals surface area contributed by atoms with Crippen LogP contribution in [0.4, 0.5) is 11.4 Å². The van der Waals surface area contributed by atoms with Gasteiger partial charge in [-0.2, -0.15) is 0 Å². The molecule has 0 spiro atoms. The summed E-state index contributed by atoms with van der Waals surface area (Å²) in [5.41, 5.74) is 5.48. The number of nitrogens with zero attached hydrogens (tertiary/aromatic N) is 1. The van der Waals surface area contributed by atoms with Crippen LogP contribution in [0.5, 0.6) is 0 Å². The SMILES string of the molecule is NC(CCC(=O)O)C(=O)Nc1ccc([N+](=O)[O-])c(Cl)c1. The largest absolute Gasteiger partial charge is 0.481 e. The molecule has 0 radical (unpaired) electrons. The molecule has 1 amide bonds. The van der Waals surface area contributed by atoms with Gasteiger partial charge in [0.2, 0.25) is 5.91 Å². The zero-order valence-corrected chi connectivity index (χ0v) is 11.0. The zero-order valence-electron chi connectivity index (χ0n) is 10.2. The molecule has 0 aromatic heterocycles. The summed E-state index contributed by atoms with van der Waals surface area (Å²) in [5, 5.41) is 21.3. The molecule has 4 N–H and O–H groups in total. The summed E-state index contributed by atoms with van der Waals surface area (Å²) in [5.74, 6) is -1.64. The molecule has 1 rings (SSSR count). The highest BCUT2D eigenvalue weighted by atomic mass is 35.5. The van der Waals surface area contributed by atoms with Crippen molar-refractivity contribution >= 4 is 34.9 Å². The van der Waals surface area contributed by atoms with Gasteiger partial charge in [-0.15, -0.1) is 0 Å². The van der Waals surface area contributed by atoms with E-state index < -0.39 is 22.8 Å². The van der Waals surface area contributed by atoms with Gasteiger partial charge < -0.3 is 16.2 Å². The van der Waals surface area contributed by atoms with E-state index in [1.165, 1.54) is 12.1 Å². The van der Waals surface area contributed by atoms with Crippen molar-refractivity contribution in [1.82, 2.24) is 0 Å². The van der Waals surface area contributed by atoms with Gasteiger partial charge in [0.15, 0.2) is 0 Å². The number of halogens is 1. The molecule has 0 aliphatic heterocycles. The number of carboxylic acids is 1. The van der Waals surface area contributed by atoms with Gasteiger partial charge in [-0.1, -0.05) is 11.6 Å². The summed E-state index contributed by atoms with van der Waals surface area (Å²) >= 11 is 5.69. The maximum Gasteiger partial charge on any atom is 0.303 e. The third-order valence-corrected chi connectivity index (χ3v) is 2.72. The molecule has 0 aliphatic rings. The number of carbonyl (C=O) groups is 2. The van der Waals surface area contributed by atoms with Gasteiger partial charge in [0, 0.05) is 18.2 Å². The number of amides is 1. The minimum absolute atomic E-state index is 0.0120. The van der Waals surface area contributed by atoms with E-state index in [1.54, 1.807) is 0 Å². The summed E-state index contributed by atoms with van der Waals surface area (Å²) in [7, 11) is 0. The third kappa shape index (κ3) is 4.48. The Morgan fingerprint density at radius 3 is 2.65 bits per heavy atom. The number of nitrogens with one attached hydrogen (secondary N) is 1. The number of benzene rings is 1. The monoisotopic (exact) mass is 301 g/mol. The molecule has 1 atom stereocenters. The van der Waals surface area contributed by atoms with Crippen LogP contribution >= 0.6 is 11.6 Å². The molecule has 0 fully saturated rings. The van der Waals surface area contributed by atoms with E-state index in [0.29, 0.717) is 0 Å². The van der Waals surface area contributed by atoms with Crippen molar-refractivity contribution in [3.63, 3.8) is 0 Å². The van der Waals surface area contributed by atoms with E-state index in [9.17, 15) is 19.7 Å². The van der Waals surface area contributed by atoms with Gasteiger partial charge in [-0.3, -0.25) is 19.7 Å². The highest BCUT2D eigenvalue weighted by molar-refractivity contribution is 6.33. The van der Waals surface area contributed by atoms with Gasteiger partial charge in [0.05, 0.1) is 11.0 Å². The lowest BCUT2D eigenvalue weighted by Gasteiger charge is -2.11. The predicted octanol–water partition coefficient (Wildman–Crippen LogP) is 1.38. The van der Waals surface area contributed by atoms with Crippen molar-refractivity contribution < 1.29 is 19.6 Å². The van der Waals surface area contributed by atoms with Crippen molar-refractivity contribution in [3.8, 4) is 0 Å². The van der Waals surface area contributed by atoms with Crippen LogP contribution in [-0.2, 0) is 9.59 Å². The number of hydrogen-bond donors (Lipinski definition) is 3. The minimum atomic E-state index is -1.05. The fourth-order valence-electron chi connectivity index (χ4n) is 1.38. The van der Waals surface area contributed by atoms with Crippen LogP contribution < -0.4 is 11.1 Å². The normalized spacial score (nSPS) is 11.7. The number of hydrogen-bond acceptors (Lipinski definition) is 5. The Labute approximate surface area is 118 Å². The summed E-state index contributed by atoms with van der Waals surface area (Å²) in [6.07, 6.45) is -0.239. The molecule has 0 saturated heterocycles. The van der Waals surface area contributed by atoms with Crippen LogP contribution in [0.15, 0.2) is 18.2 Å². The smallest absolute Gasteiger partial charge is 0.303 e. The van der Waals surface area contributed by atoms with Crippen molar-refractivity contribution in [2.75, 3.05) is 5.32 Å². The second-order valence-electron chi connectivity index (χ2n) is 3.95. The zero-order chi connectivity index (χ0) is 15.3. The van der Waals surface area contributed by atoms with Gasteiger partial charge in [0.25, 0.3) is 5.69 Å². The average Bonchev–Trinajstić information content (AvgIpc) is 2.35. The molecule has 8 nitrogen and oxygen atoms in total. The number of rotatable bonds is 6. The van der Waals surface area contributed by atoms with Gasteiger partial charge in [0.1, 0.15) is 5.02 Å². The molecular formula is C11H12ClN3O5. The highest BCUT2D eigenvalue weighted by Gasteiger charge is 2.17. The van der Waals surface area contributed by atoms with Crippen molar-refractivity contribution in [2.24, 2.45) is 5.73 Å². The van der Waals surface area contributed by atoms with Gasteiger partial charge in [-0.05, 0) is 18.6 Å². The van der Waals surface area contributed by atoms with Crippen LogP contribution in [0, 0.1) is 10.1 Å². The molecule has 0 saturated carbocycles. The van der Waals surface area contributed by atoms with Crippen molar-refractivity contribution in [2.45, 2.75) is 18.9 Å². The molecular weight excluding hydrogens is 290 g/mol. The average molecular weight is 302 g/mol. The molecule has 1 unspecified atom stereocenters. The van der Waals surface area contributed by atoms with E-state index >= 15 is 0 Å². The lowest BCUT2D eigenvalue weighted by atomic mass is 10.1. The lowest BCUT2D eigenvalue weighted by molar-refractivity contribution is -0.384. The Bertz CT molecular complexity index is 549. The summed E-state index contributed by atoms with van der Waals surface area (Å²) < 4.78 is 0. The molecule has 9 heteroatoms. The fourth-order valence-corrected chi connectivity index (χ4v) is 1.63. The van der Waals surface area contributed by atoms with E-state index in [2.05, 4.69) is 5.32 Å². The Kier molecular flexibility index (Phi) is 5.42. The molecule has 0 bridgehead atoms. The van der Waals surface area contributed by atoms with Crippen LogP contribution in [0.1, 0.15) is 12.8 Å². The summed E-state index contributed by atoms with van der Waals surface area (Å²) in [6.45, 7) is 0. The van der Waals surface area contributed by atoms with Crippen molar-refractivity contribution in [1.29, 1.82) is 0 Å². The van der Waals surface area contributed by atoms with E-state index in [0.717, 1.165) is 6.07 Å². The molecule has 0 aliphatic carbocycles. The number of carbonyl (C=O) groups excluding carboxylic acids is 1. The maximum atomic E-state index is 11.6. The number of nitro groups is 1. The van der Waals surface area contributed by atoms with E-state index in [-0.39, 0.29) is 29.2 Å². The molecule has 108 valence electrons. The number of aliphatic carboxylic acids is 1. The van der Waals surface area contributed by atoms with Crippen LogP contribution in [0.25, 0.3) is 0 Å². The van der Waals surface area contributed by atoms with Crippen LogP contribution in [0.3, 0.4) is 0 Å². The second-order valence-corrected chi connectivity index (χ2v) is 4.36. The van der Waals surface area contributed by atoms with Crippen molar-refractivity contribution in [3.05, 3.63) is 33.3 Å². The second kappa shape index (κ2) is 6.83. The maximum absolute atomic E-state index is 11.6. The minimum Gasteiger partial charge on any atom is -0.481 e. The Morgan fingerprint density at radius 2 is 2.15 bits per heavy atom. The quantitative estimate of drug-likeness (QED) is 0.536. The number of anilines is 1. The number of carboxylic acid groups (broad SMARTS) is 1. The fraction of sp³-hybridized carbons (Fsp3) is 0.273. The van der Waals surface area contributed by atoms with Crippen LogP contribution in [-0.4, -0.2) is 27.9 Å². The predicted molar refractivity (Wildman–Crippen MR) is 71.6 cm³/mol. The first-order valence-electron chi connectivity index (χ1n) is 5.53. The van der Waals surface area contributed by atoms with Gasteiger partial charge >= 0.3 is 5.97 Å². The molecule has 1 aromatic carbocycles. The first-order valence-corrected chi connectivity index (χ1v) is 5.91. The number of nitrogens with two attached hydrogens (primary N) is 1. The third-order valence-electron chi connectivity index (χ3n) is 2.42. The van der Waals surface area contributed by atoms with E-state index in [1.807, 2.05) is 0 Å². The topological polar surface area (TPSA) is 136 Å². The first-order chi connectivity index (χ1) is 9.31. The van der Waals surface area contributed by atoms with E-state index in [4.69, 9.17) is 22.4 Å². The standard InChI is InChI=1S/C11H12ClN3O5/c12-7-5-6(1-3-9(7)15(19)20)14-11(18)8(13)2-4-10(16)17/h1,3,5,8H,2,4,13H2,(H,14,18)(H,16,17). The highest BCUT2D eigenvalue weighted by Crippen LogP contribution is 2.27. The Balaban J connectivity index is 2.69. The Morgan fingerprint density at radius 1 is 1.50 bits per heavy atom. The summed E-state index contributed by atoms with van der Waals surface area (Å²) in [4.78, 5) is 31.9. The number of nitro benzene ring substituents is 1. The summed E-state index contributed by atoms with van der Waals surface area (Å²) in [6, 6.07) is 2.70. The molecule has 0 heterocycles. The molecule has 20 heavy (non-hydrogen) atoms. The first kappa shape index (κ1) is 15.9. The molecule has 1 aromatic rings. The van der Waals surface area contributed by atoms with Crippen LogP contribution in [0.2, 0.25) is 5.02 Å². The lowest BCUT2D eigenvalue weighted by Crippen LogP contribution is -2.36. The van der Waals surface area contributed by atoms with Gasteiger partial charge in [-0.25, -0.2) is 0 Å².